The van der Waals surface area contributed by atoms with Crippen LogP contribution in [0.25, 0.3) is 22.3 Å². The molecule has 3 aromatic rings. The van der Waals surface area contributed by atoms with Gasteiger partial charge in [-0.15, -0.1) is 0 Å². The largest absolute Gasteiger partial charge is 0.355 e. The lowest BCUT2D eigenvalue weighted by atomic mass is 10.2. The summed E-state index contributed by atoms with van der Waals surface area (Å²) in [6, 6.07) is 12.2. The minimum atomic E-state index is 0.776. The molecule has 0 amide bonds. The van der Waals surface area contributed by atoms with Crippen molar-refractivity contribution >= 4 is 28.5 Å². The van der Waals surface area contributed by atoms with Crippen LogP contribution in [0.3, 0.4) is 0 Å². The molecule has 116 valence electrons. The quantitative estimate of drug-likeness (QED) is 0.720. The first kappa shape index (κ1) is 14.5. The van der Waals surface area contributed by atoms with Crippen molar-refractivity contribution in [2.45, 2.75) is 6.42 Å². The van der Waals surface area contributed by atoms with Gasteiger partial charge in [0.25, 0.3) is 0 Å². The minimum absolute atomic E-state index is 0.776. The molecule has 23 heavy (non-hydrogen) atoms. The number of rotatable bonds is 2. The fourth-order valence-electron chi connectivity index (χ4n) is 2.89. The SMILES string of the molecule is c1ccc2c(N3CCCSCC3)nc(-c3ccncc3)nc2c1. The standard InChI is InChI=1S/C18H18N4S/c1-2-5-16-15(4-1)18(22-10-3-12-23-13-11-22)21-17(20-16)14-6-8-19-9-7-14/h1-2,4-9H,3,10-13H2. The molecule has 5 heteroatoms. The third-order valence-electron chi connectivity index (χ3n) is 4.04. The molecule has 1 saturated heterocycles. The number of thioether (sulfide) groups is 1. The van der Waals surface area contributed by atoms with Crippen molar-refractivity contribution < 1.29 is 0 Å². The van der Waals surface area contributed by atoms with Gasteiger partial charge in [-0.1, -0.05) is 12.1 Å². The average molecular weight is 322 g/mol. The summed E-state index contributed by atoms with van der Waals surface area (Å²) in [6.07, 6.45) is 4.78. The van der Waals surface area contributed by atoms with Crippen molar-refractivity contribution in [1.82, 2.24) is 15.0 Å². The van der Waals surface area contributed by atoms with E-state index in [1.165, 1.54) is 12.2 Å². The van der Waals surface area contributed by atoms with Crippen molar-refractivity contribution in [2.24, 2.45) is 0 Å². The fourth-order valence-corrected chi connectivity index (χ4v) is 3.78. The number of benzene rings is 1. The van der Waals surface area contributed by atoms with E-state index in [9.17, 15) is 0 Å². The summed E-state index contributed by atoms with van der Waals surface area (Å²) < 4.78 is 0. The lowest BCUT2D eigenvalue weighted by molar-refractivity contribution is 0.804. The van der Waals surface area contributed by atoms with E-state index in [0.717, 1.165) is 47.0 Å². The van der Waals surface area contributed by atoms with Crippen LogP contribution >= 0.6 is 11.8 Å². The smallest absolute Gasteiger partial charge is 0.162 e. The first-order chi connectivity index (χ1) is 11.4. The Labute approximate surface area is 140 Å². The number of nitrogens with zero attached hydrogens (tertiary/aromatic N) is 4. The van der Waals surface area contributed by atoms with Gasteiger partial charge in [-0.2, -0.15) is 11.8 Å². The molecule has 2 aromatic heterocycles. The first-order valence-electron chi connectivity index (χ1n) is 7.92. The number of anilines is 1. The Bertz CT molecular complexity index is 798. The minimum Gasteiger partial charge on any atom is -0.355 e. The molecule has 3 heterocycles. The molecule has 0 spiro atoms. The van der Waals surface area contributed by atoms with Crippen LogP contribution in [-0.2, 0) is 0 Å². The molecule has 1 fully saturated rings. The Hall–Kier alpha value is -2.14. The number of aromatic nitrogens is 3. The third kappa shape index (κ3) is 3.01. The highest BCUT2D eigenvalue weighted by Crippen LogP contribution is 2.28. The van der Waals surface area contributed by atoms with E-state index in [4.69, 9.17) is 9.97 Å². The number of hydrogen-bond acceptors (Lipinski definition) is 5. The summed E-state index contributed by atoms with van der Waals surface area (Å²) >= 11 is 2.03. The number of fused-ring (bicyclic) bond motifs is 1. The highest BCUT2D eigenvalue weighted by Gasteiger charge is 2.16. The second-order valence-corrected chi connectivity index (χ2v) is 6.80. The first-order valence-corrected chi connectivity index (χ1v) is 9.07. The Morgan fingerprint density at radius 2 is 1.78 bits per heavy atom. The second-order valence-electron chi connectivity index (χ2n) is 5.58. The van der Waals surface area contributed by atoms with Gasteiger partial charge in [0.2, 0.25) is 0 Å². The molecule has 0 N–H and O–H groups in total. The number of pyridine rings is 1. The van der Waals surface area contributed by atoms with E-state index in [1.807, 2.05) is 30.0 Å². The third-order valence-corrected chi connectivity index (χ3v) is 5.09. The highest BCUT2D eigenvalue weighted by molar-refractivity contribution is 7.99. The highest BCUT2D eigenvalue weighted by atomic mass is 32.2. The molecule has 1 aliphatic heterocycles. The fraction of sp³-hybridized carbons (Fsp3) is 0.278. The van der Waals surface area contributed by atoms with Crippen LogP contribution in [-0.4, -0.2) is 39.5 Å². The van der Waals surface area contributed by atoms with Crippen LogP contribution in [0.2, 0.25) is 0 Å². The molecule has 0 atom stereocenters. The van der Waals surface area contributed by atoms with E-state index < -0.39 is 0 Å². The zero-order valence-corrected chi connectivity index (χ0v) is 13.7. The maximum Gasteiger partial charge on any atom is 0.162 e. The molecule has 0 saturated carbocycles. The predicted octanol–water partition coefficient (Wildman–Crippen LogP) is 3.64. The van der Waals surface area contributed by atoms with Crippen LogP contribution in [0.1, 0.15) is 6.42 Å². The van der Waals surface area contributed by atoms with Gasteiger partial charge in [-0.05, 0) is 36.4 Å². The Kier molecular flexibility index (Phi) is 4.11. The molecule has 1 aromatic carbocycles. The normalized spacial score (nSPS) is 15.6. The van der Waals surface area contributed by atoms with Crippen LogP contribution in [0.15, 0.2) is 48.8 Å². The molecule has 4 nitrogen and oxygen atoms in total. The van der Waals surface area contributed by atoms with Gasteiger partial charge in [0.1, 0.15) is 5.82 Å². The Morgan fingerprint density at radius 1 is 0.913 bits per heavy atom. The maximum absolute atomic E-state index is 4.91. The van der Waals surface area contributed by atoms with Gasteiger partial charge in [-0.3, -0.25) is 4.98 Å². The molecule has 4 rings (SSSR count). The Morgan fingerprint density at radius 3 is 2.70 bits per heavy atom. The van der Waals surface area contributed by atoms with E-state index in [1.54, 1.807) is 12.4 Å². The van der Waals surface area contributed by atoms with Gasteiger partial charge in [-0.25, -0.2) is 9.97 Å². The van der Waals surface area contributed by atoms with Gasteiger partial charge in [0.15, 0.2) is 5.82 Å². The lowest BCUT2D eigenvalue weighted by Gasteiger charge is -2.23. The van der Waals surface area contributed by atoms with Crippen molar-refractivity contribution in [2.75, 3.05) is 29.5 Å². The van der Waals surface area contributed by atoms with Gasteiger partial charge in [0.05, 0.1) is 5.52 Å². The van der Waals surface area contributed by atoms with Crippen molar-refractivity contribution in [1.29, 1.82) is 0 Å². The molecule has 0 aliphatic carbocycles. The van der Waals surface area contributed by atoms with Gasteiger partial charge >= 0.3 is 0 Å². The van der Waals surface area contributed by atoms with Crippen LogP contribution in [0, 0.1) is 0 Å². The monoisotopic (exact) mass is 322 g/mol. The lowest BCUT2D eigenvalue weighted by Crippen LogP contribution is -2.27. The zero-order chi connectivity index (χ0) is 15.5. The summed E-state index contributed by atoms with van der Waals surface area (Å²) in [5, 5.41) is 1.14. The second kappa shape index (κ2) is 6.54. The molecule has 1 aliphatic rings. The van der Waals surface area contributed by atoms with Crippen LogP contribution < -0.4 is 4.90 Å². The van der Waals surface area contributed by atoms with E-state index in [0.29, 0.717) is 0 Å². The summed E-state index contributed by atoms with van der Waals surface area (Å²) in [4.78, 5) is 16.2. The number of hydrogen-bond donors (Lipinski definition) is 0. The maximum atomic E-state index is 4.91. The predicted molar refractivity (Wildman–Crippen MR) is 96.9 cm³/mol. The molecular weight excluding hydrogens is 304 g/mol. The van der Waals surface area contributed by atoms with Crippen molar-refractivity contribution in [3.05, 3.63) is 48.8 Å². The van der Waals surface area contributed by atoms with E-state index in [2.05, 4.69) is 28.1 Å². The molecule has 0 radical (unpaired) electrons. The molecular formula is C18H18N4S. The summed E-state index contributed by atoms with van der Waals surface area (Å²) in [5.74, 6) is 4.22. The van der Waals surface area contributed by atoms with Crippen molar-refractivity contribution in [3.8, 4) is 11.4 Å². The molecule has 0 bridgehead atoms. The Balaban J connectivity index is 1.87. The van der Waals surface area contributed by atoms with Gasteiger partial charge < -0.3 is 4.90 Å². The van der Waals surface area contributed by atoms with Crippen LogP contribution in [0.4, 0.5) is 5.82 Å². The van der Waals surface area contributed by atoms with E-state index in [-0.39, 0.29) is 0 Å². The van der Waals surface area contributed by atoms with E-state index >= 15 is 0 Å². The summed E-state index contributed by atoms with van der Waals surface area (Å²) in [6.45, 7) is 2.10. The zero-order valence-electron chi connectivity index (χ0n) is 12.9. The summed E-state index contributed by atoms with van der Waals surface area (Å²) in [7, 11) is 0. The van der Waals surface area contributed by atoms with Crippen LogP contribution in [0.5, 0.6) is 0 Å². The molecule has 0 unspecified atom stereocenters. The average Bonchev–Trinajstić information content (AvgIpc) is 2.91. The van der Waals surface area contributed by atoms with Crippen molar-refractivity contribution in [3.63, 3.8) is 0 Å². The number of para-hydroxylation sites is 1. The topological polar surface area (TPSA) is 41.9 Å². The summed E-state index contributed by atoms with van der Waals surface area (Å²) in [5.41, 5.74) is 2.01. The van der Waals surface area contributed by atoms with Gasteiger partial charge in [0, 0.05) is 42.2 Å².